The minimum absolute atomic E-state index is 0.235. The minimum Gasteiger partial charge on any atom is -0.394 e. The van der Waals surface area contributed by atoms with Gasteiger partial charge in [0.1, 0.15) is 10.0 Å². The number of halogens is 3. The molecule has 1 atom stereocenters. The lowest BCUT2D eigenvalue weighted by atomic mass is 10.1. The van der Waals surface area contributed by atoms with Crippen molar-refractivity contribution < 1.29 is 18.3 Å². The highest BCUT2D eigenvalue weighted by molar-refractivity contribution is 7.99. The Labute approximate surface area is 178 Å². The van der Waals surface area contributed by atoms with Crippen LogP contribution in [0.25, 0.3) is 10.6 Å². The summed E-state index contributed by atoms with van der Waals surface area (Å²) in [5.41, 5.74) is 4.55. The van der Waals surface area contributed by atoms with Crippen LogP contribution in [-0.2, 0) is 11.7 Å². The number of rotatable bonds is 11. The number of nitrogens with two attached hydrogens (primary N) is 1. The van der Waals surface area contributed by atoms with Gasteiger partial charge in [-0.2, -0.15) is 13.2 Å². The number of nitrogens with zero attached hydrogens (tertiary/aromatic N) is 2. The Morgan fingerprint density at radius 2 is 1.79 bits per heavy atom. The van der Waals surface area contributed by atoms with Crippen LogP contribution in [0.15, 0.2) is 23.1 Å². The molecular formula is C20H28F3N3OS2. The molecule has 0 aliphatic carbocycles. The van der Waals surface area contributed by atoms with Gasteiger partial charge in [-0.25, -0.2) is 0 Å². The van der Waals surface area contributed by atoms with Crippen LogP contribution in [0.4, 0.5) is 13.2 Å². The molecule has 0 saturated carbocycles. The van der Waals surface area contributed by atoms with Crippen LogP contribution < -0.4 is 5.73 Å². The van der Waals surface area contributed by atoms with Gasteiger partial charge in [-0.3, -0.25) is 0 Å². The molecule has 1 heterocycles. The molecule has 1 aromatic carbocycles. The van der Waals surface area contributed by atoms with E-state index in [4.69, 9.17) is 5.73 Å². The molecule has 0 radical (unpaired) electrons. The second kappa shape index (κ2) is 10.7. The molecule has 162 valence electrons. The van der Waals surface area contributed by atoms with Crippen molar-refractivity contribution in [2.45, 2.75) is 69.0 Å². The topological polar surface area (TPSA) is 72.0 Å². The van der Waals surface area contributed by atoms with E-state index in [9.17, 15) is 18.3 Å². The predicted octanol–water partition coefficient (Wildman–Crippen LogP) is 5.84. The lowest BCUT2D eigenvalue weighted by Crippen LogP contribution is -2.36. The zero-order valence-corrected chi connectivity index (χ0v) is 18.4. The molecule has 0 bridgehead atoms. The Hall–Kier alpha value is -1.16. The number of hydrogen-bond donors (Lipinski definition) is 2. The van der Waals surface area contributed by atoms with Crippen LogP contribution in [0.3, 0.4) is 0 Å². The Bertz CT molecular complexity index is 779. The van der Waals surface area contributed by atoms with Gasteiger partial charge in [-0.15, -0.1) is 22.0 Å². The van der Waals surface area contributed by atoms with Crippen molar-refractivity contribution in [1.82, 2.24) is 10.2 Å². The third-order valence-electron chi connectivity index (χ3n) is 4.53. The fourth-order valence-corrected chi connectivity index (χ4v) is 4.67. The summed E-state index contributed by atoms with van der Waals surface area (Å²) in [6.45, 7) is 3.42. The monoisotopic (exact) mass is 447 g/mol. The van der Waals surface area contributed by atoms with Crippen molar-refractivity contribution >= 4 is 23.1 Å². The summed E-state index contributed by atoms with van der Waals surface area (Å²) < 4.78 is 40.8. The number of aromatic nitrogens is 2. The molecule has 29 heavy (non-hydrogen) atoms. The van der Waals surface area contributed by atoms with Gasteiger partial charge in [0.05, 0.1) is 17.7 Å². The van der Waals surface area contributed by atoms with Gasteiger partial charge in [0, 0.05) is 10.5 Å². The summed E-state index contributed by atoms with van der Waals surface area (Å²) in [7, 11) is 0. The first-order valence-electron chi connectivity index (χ1n) is 9.77. The Balaban J connectivity index is 2.12. The molecule has 2 aromatic rings. The van der Waals surface area contributed by atoms with Crippen molar-refractivity contribution in [3.63, 3.8) is 0 Å². The van der Waals surface area contributed by atoms with Crippen molar-refractivity contribution in [3.05, 3.63) is 28.8 Å². The number of alkyl halides is 3. The third kappa shape index (κ3) is 6.94. The summed E-state index contributed by atoms with van der Waals surface area (Å²) in [5, 5.41) is 18.0. The number of aliphatic hydroxyl groups excluding tert-OH is 1. The average Bonchev–Trinajstić information content (AvgIpc) is 3.18. The molecule has 4 nitrogen and oxygen atoms in total. The standard InChI is InChI=1S/C20H28F3N3OS2/c1-3-4-5-6-7-8-11-28-16-10-9-14(12-15(16)20(21,22)23)17-25-26-18(29-17)19(2,24)13-27/h9-10,12,27H,3-8,11,13,24H2,1-2H3. The van der Waals surface area contributed by atoms with E-state index in [-0.39, 0.29) is 11.5 Å². The minimum atomic E-state index is -4.44. The van der Waals surface area contributed by atoms with E-state index in [1.165, 1.54) is 37.1 Å². The number of aliphatic hydroxyl groups is 1. The van der Waals surface area contributed by atoms with Gasteiger partial charge in [0.2, 0.25) is 0 Å². The number of unbranched alkanes of at least 4 members (excludes halogenated alkanes) is 5. The van der Waals surface area contributed by atoms with Gasteiger partial charge in [0.25, 0.3) is 0 Å². The maximum Gasteiger partial charge on any atom is 0.417 e. The van der Waals surface area contributed by atoms with E-state index in [2.05, 4.69) is 17.1 Å². The average molecular weight is 448 g/mol. The molecule has 1 aromatic heterocycles. The molecule has 0 saturated heterocycles. The molecule has 2 rings (SSSR count). The lowest BCUT2D eigenvalue weighted by molar-refractivity contribution is -0.139. The fraction of sp³-hybridized carbons (Fsp3) is 0.600. The normalized spacial score (nSPS) is 14.2. The Morgan fingerprint density at radius 1 is 1.10 bits per heavy atom. The van der Waals surface area contributed by atoms with Crippen LogP contribution in [0, 0.1) is 0 Å². The highest BCUT2D eigenvalue weighted by atomic mass is 32.2. The number of hydrogen-bond acceptors (Lipinski definition) is 6. The first kappa shape index (κ1) is 24.1. The molecule has 9 heteroatoms. The largest absolute Gasteiger partial charge is 0.417 e. The van der Waals surface area contributed by atoms with Gasteiger partial charge in [-0.1, -0.05) is 56.4 Å². The zero-order chi connectivity index (χ0) is 21.5. The molecule has 1 unspecified atom stereocenters. The first-order chi connectivity index (χ1) is 13.7. The summed E-state index contributed by atoms with van der Waals surface area (Å²) in [4.78, 5) is 0.235. The van der Waals surface area contributed by atoms with E-state index in [1.807, 2.05) is 0 Å². The Morgan fingerprint density at radius 3 is 2.45 bits per heavy atom. The molecule has 0 aliphatic heterocycles. The smallest absolute Gasteiger partial charge is 0.394 e. The van der Waals surface area contributed by atoms with Gasteiger partial charge >= 0.3 is 6.18 Å². The molecule has 0 spiro atoms. The van der Waals surface area contributed by atoms with E-state index in [0.29, 0.717) is 21.3 Å². The van der Waals surface area contributed by atoms with Crippen LogP contribution >= 0.6 is 23.1 Å². The van der Waals surface area contributed by atoms with Crippen LogP contribution in [0.2, 0.25) is 0 Å². The van der Waals surface area contributed by atoms with Gasteiger partial charge < -0.3 is 10.8 Å². The highest BCUT2D eigenvalue weighted by Gasteiger charge is 2.34. The fourth-order valence-electron chi connectivity index (χ4n) is 2.71. The van der Waals surface area contributed by atoms with Crippen molar-refractivity contribution in [2.24, 2.45) is 5.73 Å². The summed E-state index contributed by atoms with van der Waals surface area (Å²) >= 11 is 2.34. The summed E-state index contributed by atoms with van der Waals surface area (Å²) in [5.74, 6) is 0.666. The van der Waals surface area contributed by atoms with Crippen LogP contribution in [0.5, 0.6) is 0 Å². The lowest BCUT2D eigenvalue weighted by Gasteiger charge is -2.16. The zero-order valence-electron chi connectivity index (χ0n) is 16.8. The van der Waals surface area contributed by atoms with Crippen LogP contribution in [0.1, 0.15) is 62.9 Å². The molecule has 0 aliphatic rings. The van der Waals surface area contributed by atoms with Crippen molar-refractivity contribution in [2.75, 3.05) is 12.4 Å². The van der Waals surface area contributed by atoms with Gasteiger partial charge in [-0.05, 0) is 31.2 Å². The summed E-state index contributed by atoms with van der Waals surface area (Å²) in [6.07, 6.45) is 2.21. The number of benzene rings is 1. The van der Waals surface area contributed by atoms with E-state index < -0.39 is 17.3 Å². The van der Waals surface area contributed by atoms with Crippen LogP contribution in [-0.4, -0.2) is 27.7 Å². The molecule has 3 N–H and O–H groups in total. The number of thioether (sulfide) groups is 1. The predicted molar refractivity (Wildman–Crippen MR) is 113 cm³/mol. The maximum atomic E-state index is 13.6. The van der Waals surface area contributed by atoms with E-state index in [1.54, 1.807) is 13.0 Å². The quantitative estimate of drug-likeness (QED) is 0.334. The Kier molecular flexibility index (Phi) is 8.93. The summed E-state index contributed by atoms with van der Waals surface area (Å²) in [6, 6.07) is 4.27. The first-order valence-corrected chi connectivity index (χ1v) is 11.6. The highest BCUT2D eigenvalue weighted by Crippen LogP contribution is 2.40. The second-order valence-electron chi connectivity index (χ2n) is 7.31. The van der Waals surface area contributed by atoms with E-state index >= 15 is 0 Å². The van der Waals surface area contributed by atoms with Crippen molar-refractivity contribution in [1.29, 1.82) is 0 Å². The molecular weight excluding hydrogens is 419 g/mol. The van der Waals surface area contributed by atoms with E-state index in [0.717, 1.165) is 36.7 Å². The SMILES string of the molecule is CCCCCCCCSc1ccc(-c2nnc(C(C)(N)CO)s2)cc1C(F)(F)F. The maximum absolute atomic E-state index is 13.6. The van der Waals surface area contributed by atoms with Gasteiger partial charge in [0.15, 0.2) is 0 Å². The van der Waals surface area contributed by atoms with Crippen molar-refractivity contribution in [3.8, 4) is 10.6 Å². The second-order valence-corrected chi connectivity index (χ2v) is 9.43. The molecule has 0 fully saturated rings. The third-order valence-corrected chi connectivity index (χ3v) is 6.94. The molecule has 0 amide bonds.